The summed E-state index contributed by atoms with van der Waals surface area (Å²) in [7, 11) is -4.28. The molecule has 0 aromatic rings. The van der Waals surface area contributed by atoms with Gasteiger partial charge in [0, 0.05) is 64.8 Å². The normalized spacial score (nSPS) is 13.5. The van der Waals surface area contributed by atoms with Crippen molar-refractivity contribution < 1.29 is 18.8 Å². The van der Waals surface area contributed by atoms with Gasteiger partial charge in [0.2, 0.25) is 0 Å². The van der Waals surface area contributed by atoms with Gasteiger partial charge in [-0.3, -0.25) is 0 Å². The Balaban J connectivity index is 0. The molecule has 0 saturated heterocycles. The molecule has 1 radical (unpaired) electrons. The molecule has 0 aliphatic carbocycles. The topological polar surface area (TPSA) is 69.9 Å². The summed E-state index contributed by atoms with van der Waals surface area (Å²) < 4.78 is 4.58. The third kappa shape index (κ3) is 11.9. The largest absolute Gasteiger partial charge is 0.671 e. The van der Waals surface area contributed by atoms with Gasteiger partial charge >= 0.3 is 9.05 Å². The number of rotatable bonds is 7. The Kier molecular flexibility index (Phi) is 13.1. The van der Waals surface area contributed by atoms with Crippen LogP contribution in [-0.4, -0.2) is 88.2 Å². The second-order valence-corrected chi connectivity index (χ2v) is 4.74. The van der Waals surface area contributed by atoms with Crippen LogP contribution in [0.2, 0.25) is 0 Å². The van der Waals surface area contributed by atoms with Gasteiger partial charge < -0.3 is 18.8 Å². The standard InChI is InChI=1S/C8H20O4Si.Rb/c1-3-5-6-8(4-2)7-12-13(9,10)11;/h8-11H,3-7H2,1-2H3;. The molecule has 0 amide bonds. The van der Waals surface area contributed by atoms with E-state index in [0.29, 0.717) is 5.92 Å². The average Bonchev–Trinajstić information content (AvgIpc) is 2.03. The van der Waals surface area contributed by atoms with Crippen LogP contribution in [0.15, 0.2) is 0 Å². The van der Waals surface area contributed by atoms with Gasteiger partial charge in [0.15, 0.2) is 0 Å². The van der Waals surface area contributed by atoms with Crippen LogP contribution in [0, 0.1) is 5.92 Å². The van der Waals surface area contributed by atoms with Gasteiger partial charge in [0.25, 0.3) is 0 Å². The van der Waals surface area contributed by atoms with Crippen molar-refractivity contribution in [3.63, 3.8) is 0 Å². The van der Waals surface area contributed by atoms with E-state index in [2.05, 4.69) is 11.3 Å². The van der Waals surface area contributed by atoms with E-state index in [1.54, 1.807) is 0 Å². The fourth-order valence-corrected chi connectivity index (χ4v) is 1.59. The van der Waals surface area contributed by atoms with Gasteiger partial charge in [-0.2, -0.15) is 0 Å². The molecule has 1 unspecified atom stereocenters. The first-order chi connectivity index (χ1) is 5.99. The maximum Gasteiger partial charge on any atom is 0.671 e. The molecule has 0 aliphatic heterocycles. The Morgan fingerprint density at radius 2 is 1.79 bits per heavy atom. The van der Waals surface area contributed by atoms with E-state index in [0.717, 1.165) is 25.7 Å². The minimum absolute atomic E-state index is 0. The third-order valence-electron chi connectivity index (χ3n) is 2.06. The average molecular weight is 294 g/mol. The molecule has 0 aromatic heterocycles. The van der Waals surface area contributed by atoms with Crippen LogP contribution >= 0.6 is 0 Å². The molecule has 0 spiro atoms. The fourth-order valence-electron chi connectivity index (χ4n) is 1.13. The van der Waals surface area contributed by atoms with Crippen LogP contribution in [0.25, 0.3) is 0 Å². The summed E-state index contributed by atoms with van der Waals surface area (Å²) in [5.41, 5.74) is 0. The molecule has 14 heavy (non-hydrogen) atoms. The summed E-state index contributed by atoms with van der Waals surface area (Å²) in [5, 5.41) is 0. The Morgan fingerprint density at radius 3 is 2.14 bits per heavy atom. The molecule has 3 N–H and O–H groups in total. The monoisotopic (exact) mass is 293 g/mol. The summed E-state index contributed by atoms with van der Waals surface area (Å²) in [4.78, 5) is 25.8. The molecular formula is C8H20O4RbSi. The second-order valence-electron chi connectivity index (χ2n) is 3.30. The summed E-state index contributed by atoms with van der Waals surface area (Å²) in [6.07, 6.45) is 4.18. The minimum Gasteiger partial charge on any atom is -0.368 e. The summed E-state index contributed by atoms with van der Waals surface area (Å²) in [6, 6.07) is 0. The third-order valence-corrected chi connectivity index (χ3v) is 2.61. The molecule has 81 valence electrons. The first-order valence-electron chi connectivity index (χ1n) is 4.80. The van der Waals surface area contributed by atoms with Crippen LogP contribution in [0.1, 0.15) is 39.5 Å². The van der Waals surface area contributed by atoms with Crippen molar-refractivity contribution in [3.05, 3.63) is 0 Å². The predicted molar refractivity (Wildman–Crippen MR) is 57.4 cm³/mol. The van der Waals surface area contributed by atoms with Crippen molar-refractivity contribution >= 4 is 67.2 Å². The van der Waals surface area contributed by atoms with Crippen molar-refractivity contribution in [1.82, 2.24) is 0 Å². The Bertz CT molecular complexity index is 129. The van der Waals surface area contributed by atoms with Gasteiger partial charge in [-0.25, -0.2) is 0 Å². The van der Waals surface area contributed by atoms with Crippen LogP contribution in [0.4, 0.5) is 0 Å². The number of unbranched alkanes of at least 4 members (excludes halogenated alkanes) is 1. The van der Waals surface area contributed by atoms with Crippen molar-refractivity contribution in [2.24, 2.45) is 5.92 Å². The smallest absolute Gasteiger partial charge is 0.368 e. The van der Waals surface area contributed by atoms with Crippen molar-refractivity contribution in [2.75, 3.05) is 6.61 Å². The van der Waals surface area contributed by atoms with Crippen molar-refractivity contribution in [2.45, 2.75) is 39.5 Å². The zero-order chi connectivity index (χ0) is 10.3. The molecule has 0 aromatic carbocycles. The van der Waals surface area contributed by atoms with Crippen molar-refractivity contribution in [3.8, 4) is 0 Å². The molecule has 0 fully saturated rings. The predicted octanol–water partition coefficient (Wildman–Crippen LogP) is 0.251. The van der Waals surface area contributed by atoms with Crippen LogP contribution in [0.3, 0.4) is 0 Å². The summed E-state index contributed by atoms with van der Waals surface area (Å²) in [6.45, 7) is 4.38. The molecular weight excluding hydrogens is 274 g/mol. The van der Waals surface area contributed by atoms with E-state index in [-0.39, 0.29) is 64.8 Å². The van der Waals surface area contributed by atoms with Crippen molar-refractivity contribution in [1.29, 1.82) is 0 Å². The molecule has 0 bridgehead atoms. The van der Waals surface area contributed by atoms with Gasteiger partial charge in [-0.15, -0.1) is 0 Å². The zero-order valence-electron chi connectivity index (χ0n) is 9.36. The van der Waals surface area contributed by atoms with E-state index in [1.807, 2.05) is 6.92 Å². The zero-order valence-corrected chi connectivity index (χ0v) is 15.3. The quantitative estimate of drug-likeness (QED) is 0.589. The first kappa shape index (κ1) is 18.2. The molecule has 4 nitrogen and oxygen atoms in total. The van der Waals surface area contributed by atoms with E-state index < -0.39 is 9.05 Å². The maximum atomic E-state index is 8.62. The Morgan fingerprint density at radius 1 is 1.21 bits per heavy atom. The van der Waals surface area contributed by atoms with Gasteiger partial charge in [-0.05, 0) is 12.3 Å². The molecule has 1 atom stereocenters. The summed E-state index contributed by atoms with van der Waals surface area (Å²) in [5.74, 6) is 0.318. The van der Waals surface area contributed by atoms with E-state index in [1.165, 1.54) is 0 Å². The Hall–Kier alpha value is 1.86. The molecule has 0 rings (SSSR count). The van der Waals surface area contributed by atoms with E-state index in [9.17, 15) is 0 Å². The number of hydrogen-bond donors (Lipinski definition) is 3. The molecule has 0 heterocycles. The van der Waals surface area contributed by atoms with Gasteiger partial charge in [-0.1, -0.05) is 33.1 Å². The summed E-state index contributed by atoms with van der Waals surface area (Å²) >= 11 is 0. The fraction of sp³-hybridized carbons (Fsp3) is 1.00. The van der Waals surface area contributed by atoms with Crippen LogP contribution in [-0.2, 0) is 4.43 Å². The van der Waals surface area contributed by atoms with Gasteiger partial charge in [0.05, 0.1) is 0 Å². The molecule has 6 heteroatoms. The van der Waals surface area contributed by atoms with Crippen LogP contribution < -0.4 is 0 Å². The molecule has 0 aliphatic rings. The van der Waals surface area contributed by atoms with Gasteiger partial charge in [0.1, 0.15) is 0 Å². The first-order valence-corrected chi connectivity index (χ1v) is 6.55. The minimum atomic E-state index is -4.28. The number of hydrogen-bond acceptors (Lipinski definition) is 4. The van der Waals surface area contributed by atoms with Crippen LogP contribution in [0.5, 0.6) is 0 Å². The maximum absolute atomic E-state index is 8.62. The SMILES string of the molecule is CCCCC(CC)CO[Si](O)(O)O.[Rb]. The van der Waals surface area contributed by atoms with E-state index in [4.69, 9.17) is 14.4 Å². The second kappa shape index (κ2) is 10.0. The van der Waals surface area contributed by atoms with E-state index >= 15 is 0 Å². The molecule has 0 saturated carbocycles. The Labute approximate surface area is 136 Å².